The maximum absolute atomic E-state index is 11.7. The van der Waals surface area contributed by atoms with Crippen LogP contribution in [0.2, 0.25) is 0 Å². The molecular weight excluding hydrogens is 298 g/mol. The molecule has 9 N–H and O–H groups in total. The Morgan fingerprint density at radius 3 is 1.86 bits per heavy atom. The number of nitrogens with two attached hydrogens (primary N) is 3. The lowest BCUT2D eigenvalue weighted by atomic mass is 10.1. The fraction of sp³-hybridized carbons (Fsp3) is 0.545. The monoisotopic (exact) mass is 317 g/mol. The molecule has 0 heterocycles. The van der Waals surface area contributed by atoms with Crippen LogP contribution in [-0.2, 0) is 24.0 Å². The van der Waals surface area contributed by atoms with E-state index in [4.69, 9.17) is 22.3 Å². The molecule has 0 aromatic carbocycles. The van der Waals surface area contributed by atoms with Crippen LogP contribution in [-0.4, -0.2) is 52.8 Å². The number of nitrogens with one attached hydrogen (secondary N) is 2. The van der Waals surface area contributed by atoms with E-state index in [2.05, 4.69) is 5.32 Å². The highest BCUT2D eigenvalue weighted by atomic mass is 16.4. The highest BCUT2D eigenvalue weighted by molar-refractivity contribution is 5.94. The number of carbonyl (C=O) groups is 5. The Hall–Kier alpha value is -2.69. The molecule has 0 saturated heterocycles. The minimum atomic E-state index is -1.51. The van der Waals surface area contributed by atoms with E-state index in [1.807, 2.05) is 5.32 Å². The first-order valence-electron chi connectivity index (χ1n) is 6.20. The van der Waals surface area contributed by atoms with Crippen molar-refractivity contribution < 1.29 is 29.1 Å². The third kappa shape index (κ3) is 7.19. The molecule has 0 fully saturated rings. The summed E-state index contributed by atoms with van der Waals surface area (Å²) in [5.74, 6) is -4.80. The van der Waals surface area contributed by atoms with E-state index in [0.717, 1.165) is 0 Å². The lowest BCUT2D eigenvalue weighted by Crippen LogP contribution is -2.54. The molecule has 0 radical (unpaired) electrons. The van der Waals surface area contributed by atoms with Crippen molar-refractivity contribution in [2.75, 3.05) is 0 Å². The van der Waals surface area contributed by atoms with Gasteiger partial charge in [-0.05, 0) is 6.92 Å². The SMILES string of the molecule is C[C@H](NC(=O)[C@@H](N)CC(N)=O)C(=O)N[C@@H](CC(N)=O)C(=O)O. The van der Waals surface area contributed by atoms with Gasteiger partial charge >= 0.3 is 5.97 Å². The van der Waals surface area contributed by atoms with Crippen LogP contribution in [0.5, 0.6) is 0 Å². The van der Waals surface area contributed by atoms with Gasteiger partial charge in [0.15, 0.2) is 0 Å². The summed E-state index contributed by atoms with van der Waals surface area (Å²) in [7, 11) is 0. The molecule has 124 valence electrons. The molecule has 0 aliphatic rings. The van der Waals surface area contributed by atoms with E-state index in [1.54, 1.807) is 0 Å². The zero-order chi connectivity index (χ0) is 17.4. The average Bonchev–Trinajstić information content (AvgIpc) is 2.35. The van der Waals surface area contributed by atoms with E-state index < -0.39 is 60.6 Å². The molecule has 0 aliphatic heterocycles. The Morgan fingerprint density at radius 2 is 1.45 bits per heavy atom. The van der Waals surface area contributed by atoms with Crippen LogP contribution in [0.25, 0.3) is 0 Å². The van der Waals surface area contributed by atoms with E-state index in [0.29, 0.717) is 0 Å². The largest absolute Gasteiger partial charge is 0.480 e. The first-order valence-corrected chi connectivity index (χ1v) is 6.20. The Balaban J connectivity index is 4.58. The standard InChI is InChI=1S/C11H19N5O6/c1-4(15-10(20)5(12)2-7(13)17)9(19)16-6(11(21)22)3-8(14)18/h4-6H,2-3,12H2,1H3,(H2,13,17)(H2,14,18)(H,15,20)(H,16,19)(H,21,22)/t4-,5-,6-/m0/s1. The van der Waals surface area contributed by atoms with Crippen molar-refractivity contribution in [3.8, 4) is 0 Å². The molecule has 0 bridgehead atoms. The van der Waals surface area contributed by atoms with Gasteiger partial charge in [-0.1, -0.05) is 0 Å². The molecule has 0 saturated carbocycles. The number of hydrogen-bond acceptors (Lipinski definition) is 6. The Morgan fingerprint density at radius 1 is 0.955 bits per heavy atom. The quantitative estimate of drug-likeness (QED) is 0.249. The molecule has 0 aliphatic carbocycles. The molecule has 11 heteroatoms. The zero-order valence-electron chi connectivity index (χ0n) is 11.9. The van der Waals surface area contributed by atoms with Crippen molar-refractivity contribution in [1.29, 1.82) is 0 Å². The molecule has 0 unspecified atom stereocenters. The second-order valence-electron chi connectivity index (χ2n) is 4.58. The lowest BCUT2D eigenvalue weighted by molar-refractivity contribution is -0.143. The summed E-state index contributed by atoms with van der Waals surface area (Å²) in [6, 6.07) is -3.88. The van der Waals surface area contributed by atoms with Crippen molar-refractivity contribution in [3.05, 3.63) is 0 Å². The van der Waals surface area contributed by atoms with Gasteiger partial charge in [0, 0.05) is 0 Å². The number of rotatable bonds is 9. The highest BCUT2D eigenvalue weighted by Crippen LogP contribution is 1.95. The fourth-order valence-corrected chi connectivity index (χ4v) is 1.39. The van der Waals surface area contributed by atoms with Gasteiger partial charge in [0.05, 0.1) is 18.9 Å². The van der Waals surface area contributed by atoms with Crippen molar-refractivity contribution >= 4 is 29.6 Å². The van der Waals surface area contributed by atoms with Crippen LogP contribution < -0.4 is 27.8 Å². The second-order valence-corrected chi connectivity index (χ2v) is 4.58. The van der Waals surface area contributed by atoms with Crippen molar-refractivity contribution in [3.63, 3.8) is 0 Å². The number of carboxylic acids is 1. The van der Waals surface area contributed by atoms with Gasteiger partial charge < -0.3 is 32.9 Å². The maximum atomic E-state index is 11.7. The van der Waals surface area contributed by atoms with E-state index in [1.165, 1.54) is 6.92 Å². The van der Waals surface area contributed by atoms with Crippen LogP contribution in [0.15, 0.2) is 0 Å². The van der Waals surface area contributed by atoms with E-state index in [9.17, 15) is 24.0 Å². The van der Waals surface area contributed by atoms with Gasteiger partial charge in [0.25, 0.3) is 0 Å². The highest BCUT2D eigenvalue weighted by Gasteiger charge is 2.26. The lowest BCUT2D eigenvalue weighted by Gasteiger charge is -2.19. The molecule has 0 aromatic rings. The van der Waals surface area contributed by atoms with Gasteiger partial charge in [-0.3, -0.25) is 19.2 Å². The van der Waals surface area contributed by atoms with Crippen molar-refractivity contribution in [2.24, 2.45) is 17.2 Å². The topological polar surface area (TPSA) is 208 Å². The van der Waals surface area contributed by atoms with Gasteiger partial charge in [0.2, 0.25) is 23.6 Å². The molecule has 0 aromatic heterocycles. The van der Waals surface area contributed by atoms with E-state index >= 15 is 0 Å². The van der Waals surface area contributed by atoms with Gasteiger partial charge in [-0.25, -0.2) is 4.79 Å². The summed E-state index contributed by atoms with van der Waals surface area (Å²) in [6.45, 7) is 1.27. The van der Waals surface area contributed by atoms with Gasteiger partial charge in [-0.15, -0.1) is 0 Å². The van der Waals surface area contributed by atoms with Crippen LogP contribution in [0.1, 0.15) is 19.8 Å². The second kappa shape index (κ2) is 8.56. The third-order valence-electron chi connectivity index (χ3n) is 2.53. The van der Waals surface area contributed by atoms with Crippen LogP contribution in [0.3, 0.4) is 0 Å². The first-order chi connectivity index (χ1) is 10.0. The Bertz CT molecular complexity index is 480. The number of carboxylic acid groups (broad SMARTS) is 1. The minimum Gasteiger partial charge on any atom is -0.480 e. The number of hydrogen-bond donors (Lipinski definition) is 6. The Labute approximate surface area is 125 Å². The fourth-order valence-electron chi connectivity index (χ4n) is 1.39. The predicted octanol–water partition coefficient (Wildman–Crippen LogP) is -3.86. The summed E-state index contributed by atoms with van der Waals surface area (Å²) >= 11 is 0. The molecular formula is C11H19N5O6. The summed E-state index contributed by atoms with van der Waals surface area (Å²) < 4.78 is 0. The normalized spacial score (nSPS) is 14.3. The number of carbonyl (C=O) groups excluding carboxylic acids is 4. The summed E-state index contributed by atoms with van der Waals surface area (Å²) in [4.78, 5) is 55.5. The molecule has 4 amide bonds. The minimum absolute atomic E-state index is 0.403. The predicted molar refractivity (Wildman–Crippen MR) is 72.8 cm³/mol. The van der Waals surface area contributed by atoms with Crippen LogP contribution in [0, 0.1) is 0 Å². The molecule has 0 rings (SSSR count). The smallest absolute Gasteiger partial charge is 0.326 e. The molecule has 0 spiro atoms. The van der Waals surface area contributed by atoms with Crippen LogP contribution in [0.4, 0.5) is 0 Å². The van der Waals surface area contributed by atoms with Crippen molar-refractivity contribution in [1.82, 2.24) is 10.6 Å². The summed E-state index contributed by atoms with van der Waals surface area (Å²) in [6.07, 6.45) is -0.997. The summed E-state index contributed by atoms with van der Waals surface area (Å²) in [5, 5.41) is 13.1. The summed E-state index contributed by atoms with van der Waals surface area (Å²) in [5.41, 5.74) is 15.1. The Kier molecular flexibility index (Phi) is 7.52. The van der Waals surface area contributed by atoms with E-state index in [-0.39, 0.29) is 0 Å². The molecule has 3 atom stereocenters. The van der Waals surface area contributed by atoms with Gasteiger partial charge in [-0.2, -0.15) is 0 Å². The molecule has 22 heavy (non-hydrogen) atoms. The first kappa shape index (κ1) is 19.3. The van der Waals surface area contributed by atoms with Crippen LogP contribution >= 0.6 is 0 Å². The van der Waals surface area contributed by atoms with Gasteiger partial charge in [0.1, 0.15) is 12.1 Å². The average molecular weight is 317 g/mol. The zero-order valence-corrected chi connectivity index (χ0v) is 11.9. The molecule has 11 nitrogen and oxygen atoms in total. The van der Waals surface area contributed by atoms with Crippen molar-refractivity contribution in [2.45, 2.75) is 37.9 Å². The third-order valence-corrected chi connectivity index (χ3v) is 2.53. The number of amides is 4. The maximum Gasteiger partial charge on any atom is 0.326 e. The number of primary amides is 2. The number of aliphatic carboxylic acids is 1.